The fourth-order valence-electron chi connectivity index (χ4n) is 8.93. The first-order chi connectivity index (χ1) is 29.8. The van der Waals surface area contributed by atoms with Crippen LogP contribution in [0.3, 0.4) is 0 Å². The van der Waals surface area contributed by atoms with Crippen LogP contribution in [-0.2, 0) is 0 Å². The first-order valence-corrected chi connectivity index (χ1v) is 20.6. The van der Waals surface area contributed by atoms with Gasteiger partial charge in [-0.05, 0) is 116 Å². The zero-order valence-corrected chi connectivity index (χ0v) is 33.0. The van der Waals surface area contributed by atoms with E-state index in [-0.39, 0.29) is 0 Å². The first kappa shape index (κ1) is 35.2. The fourth-order valence-corrected chi connectivity index (χ4v) is 8.93. The highest BCUT2D eigenvalue weighted by molar-refractivity contribution is 6.10. The largest absolute Gasteiger partial charge is 0.310 e. The molecule has 0 aliphatic carbocycles. The zero-order chi connectivity index (χ0) is 39.8. The Labute approximate surface area is 350 Å². The predicted octanol–water partition coefficient (Wildman–Crippen LogP) is 16.1. The van der Waals surface area contributed by atoms with Crippen molar-refractivity contribution in [2.24, 2.45) is 0 Å². The molecule has 282 valence electrons. The Morgan fingerprint density at radius 3 is 1.50 bits per heavy atom. The molecule has 0 aliphatic heterocycles. The summed E-state index contributed by atoms with van der Waals surface area (Å²) in [5.41, 5.74) is 16.3. The number of hydrogen-bond acceptors (Lipinski definition) is 1. The lowest BCUT2D eigenvalue weighted by atomic mass is 9.92. The number of aromatic nitrogens is 1. The number of para-hydroxylation sites is 2. The van der Waals surface area contributed by atoms with Gasteiger partial charge in [0.25, 0.3) is 0 Å². The summed E-state index contributed by atoms with van der Waals surface area (Å²) in [7, 11) is 0. The van der Waals surface area contributed by atoms with E-state index in [2.05, 4.69) is 252 Å². The molecule has 1 aromatic heterocycles. The van der Waals surface area contributed by atoms with Crippen LogP contribution in [0.15, 0.2) is 243 Å². The average Bonchev–Trinajstić information content (AvgIpc) is 3.66. The summed E-state index contributed by atoms with van der Waals surface area (Å²) in [6.07, 6.45) is 0. The Bertz CT molecular complexity index is 3300. The third-order valence-electron chi connectivity index (χ3n) is 11.8. The molecular weight excluding hydrogens is 725 g/mol. The molecule has 0 fully saturated rings. The lowest BCUT2D eigenvalue weighted by Crippen LogP contribution is -2.10. The molecule has 0 saturated heterocycles. The molecule has 11 aromatic rings. The third kappa shape index (κ3) is 6.32. The molecule has 0 aliphatic rings. The highest BCUT2D eigenvalue weighted by Gasteiger charge is 2.20. The number of nitrogens with zero attached hydrogens (tertiary/aromatic N) is 2. The lowest BCUT2D eigenvalue weighted by Gasteiger charge is -2.27. The van der Waals surface area contributed by atoms with E-state index in [4.69, 9.17) is 0 Å². The Morgan fingerprint density at radius 1 is 0.267 bits per heavy atom. The molecule has 0 amide bonds. The van der Waals surface area contributed by atoms with Gasteiger partial charge in [-0.1, -0.05) is 182 Å². The Kier molecular flexibility index (Phi) is 8.87. The molecular formula is C58H40N2. The molecule has 0 radical (unpaired) electrons. The van der Waals surface area contributed by atoms with Crippen LogP contribution in [0.4, 0.5) is 17.1 Å². The highest BCUT2D eigenvalue weighted by Crippen LogP contribution is 2.44. The molecule has 0 spiro atoms. The summed E-state index contributed by atoms with van der Waals surface area (Å²) in [5.74, 6) is 0. The van der Waals surface area contributed by atoms with Crippen LogP contribution in [0.5, 0.6) is 0 Å². The van der Waals surface area contributed by atoms with Gasteiger partial charge in [0.2, 0.25) is 0 Å². The summed E-state index contributed by atoms with van der Waals surface area (Å²) in [6.45, 7) is 0. The van der Waals surface area contributed by atoms with Crippen LogP contribution in [0, 0.1) is 0 Å². The maximum absolute atomic E-state index is 2.44. The molecule has 0 saturated carbocycles. The van der Waals surface area contributed by atoms with E-state index >= 15 is 0 Å². The molecule has 0 bridgehead atoms. The maximum atomic E-state index is 2.44. The Morgan fingerprint density at radius 2 is 0.783 bits per heavy atom. The van der Waals surface area contributed by atoms with E-state index in [9.17, 15) is 0 Å². The van der Waals surface area contributed by atoms with Gasteiger partial charge >= 0.3 is 0 Å². The SMILES string of the molecule is c1ccc(-c2ccc(-n3c4ccccc4c4ccc(N(c5ccccc5)c5ccc(-c6ccc7ccccc7c6)c(-c6ccccc6)c5)cc43)cc2-c2ccccc2)cc1. The number of hydrogen-bond donors (Lipinski definition) is 0. The van der Waals surface area contributed by atoms with Crippen molar-refractivity contribution < 1.29 is 0 Å². The van der Waals surface area contributed by atoms with Crippen LogP contribution >= 0.6 is 0 Å². The van der Waals surface area contributed by atoms with Crippen molar-refractivity contribution in [3.8, 4) is 50.2 Å². The van der Waals surface area contributed by atoms with Gasteiger partial charge in [0, 0.05) is 33.5 Å². The predicted molar refractivity (Wildman–Crippen MR) is 255 cm³/mol. The lowest BCUT2D eigenvalue weighted by molar-refractivity contribution is 1.18. The second kappa shape index (κ2) is 15.1. The van der Waals surface area contributed by atoms with Gasteiger partial charge in [-0.15, -0.1) is 0 Å². The number of anilines is 3. The quantitative estimate of drug-likeness (QED) is 0.150. The van der Waals surface area contributed by atoms with E-state index in [0.717, 1.165) is 28.3 Å². The second-order valence-corrected chi connectivity index (χ2v) is 15.3. The van der Waals surface area contributed by atoms with Gasteiger partial charge in [-0.25, -0.2) is 0 Å². The van der Waals surface area contributed by atoms with Gasteiger partial charge in [0.1, 0.15) is 0 Å². The monoisotopic (exact) mass is 764 g/mol. The highest BCUT2D eigenvalue weighted by atomic mass is 15.1. The van der Waals surface area contributed by atoms with Crippen molar-refractivity contribution in [3.63, 3.8) is 0 Å². The minimum atomic E-state index is 1.08. The van der Waals surface area contributed by atoms with Crippen LogP contribution in [0.1, 0.15) is 0 Å². The maximum Gasteiger partial charge on any atom is 0.0561 e. The third-order valence-corrected chi connectivity index (χ3v) is 11.8. The van der Waals surface area contributed by atoms with Gasteiger partial charge in [0.05, 0.1) is 11.0 Å². The van der Waals surface area contributed by atoms with E-state index in [1.807, 2.05) is 0 Å². The van der Waals surface area contributed by atoms with Crippen molar-refractivity contribution in [1.82, 2.24) is 4.57 Å². The van der Waals surface area contributed by atoms with Crippen molar-refractivity contribution >= 4 is 49.6 Å². The van der Waals surface area contributed by atoms with Gasteiger partial charge in [-0.3, -0.25) is 0 Å². The van der Waals surface area contributed by atoms with E-state index in [0.29, 0.717) is 0 Å². The Hall–Kier alpha value is -7.94. The van der Waals surface area contributed by atoms with E-state index in [1.165, 1.54) is 71.6 Å². The molecule has 10 aromatic carbocycles. The number of rotatable bonds is 8. The summed E-state index contributed by atoms with van der Waals surface area (Å²) >= 11 is 0. The van der Waals surface area contributed by atoms with Crippen molar-refractivity contribution in [3.05, 3.63) is 243 Å². The van der Waals surface area contributed by atoms with Gasteiger partial charge in [-0.2, -0.15) is 0 Å². The van der Waals surface area contributed by atoms with Crippen molar-refractivity contribution in [2.75, 3.05) is 4.90 Å². The number of benzene rings is 10. The van der Waals surface area contributed by atoms with Crippen LogP contribution in [0.25, 0.3) is 82.8 Å². The molecule has 1 heterocycles. The Balaban J connectivity index is 1.12. The molecule has 60 heavy (non-hydrogen) atoms. The topological polar surface area (TPSA) is 8.17 Å². The molecule has 0 unspecified atom stereocenters. The molecule has 2 heteroatoms. The van der Waals surface area contributed by atoms with Crippen LogP contribution in [0.2, 0.25) is 0 Å². The smallest absolute Gasteiger partial charge is 0.0561 e. The van der Waals surface area contributed by atoms with Gasteiger partial charge in [0.15, 0.2) is 0 Å². The summed E-state index contributed by atoms with van der Waals surface area (Å²) < 4.78 is 2.44. The molecule has 0 N–H and O–H groups in total. The first-order valence-electron chi connectivity index (χ1n) is 20.6. The fraction of sp³-hybridized carbons (Fsp3) is 0. The second-order valence-electron chi connectivity index (χ2n) is 15.3. The minimum absolute atomic E-state index is 1.08. The van der Waals surface area contributed by atoms with Crippen LogP contribution < -0.4 is 4.90 Å². The summed E-state index contributed by atoms with van der Waals surface area (Å²) in [6, 6.07) is 88.0. The molecule has 11 rings (SSSR count). The van der Waals surface area contributed by atoms with E-state index < -0.39 is 0 Å². The molecule has 0 atom stereocenters. The molecule has 2 nitrogen and oxygen atoms in total. The summed E-state index contributed by atoms with van der Waals surface area (Å²) in [5, 5.41) is 4.92. The van der Waals surface area contributed by atoms with Crippen molar-refractivity contribution in [2.45, 2.75) is 0 Å². The van der Waals surface area contributed by atoms with Crippen molar-refractivity contribution in [1.29, 1.82) is 0 Å². The zero-order valence-electron chi connectivity index (χ0n) is 33.0. The minimum Gasteiger partial charge on any atom is -0.310 e. The average molecular weight is 765 g/mol. The summed E-state index contributed by atoms with van der Waals surface area (Å²) in [4.78, 5) is 2.39. The van der Waals surface area contributed by atoms with Crippen LogP contribution in [-0.4, -0.2) is 4.57 Å². The normalized spacial score (nSPS) is 11.3. The standard InChI is InChI=1S/C58H40N2/c1-5-18-42(19-6-1)51-34-32-49(39-55(51)43-20-7-2-8-21-43)60-57-28-16-15-27-53(57)54-36-33-50(40-58(54)60)59(47-25-11-4-12-26-47)48-31-35-52(56(38-48)44-22-9-3-10-23-44)46-30-29-41-17-13-14-24-45(41)37-46/h1-40H. The van der Waals surface area contributed by atoms with Gasteiger partial charge < -0.3 is 9.47 Å². The number of fused-ring (bicyclic) bond motifs is 4. The van der Waals surface area contributed by atoms with E-state index in [1.54, 1.807) is 0 Å².